The number of allylic oxidation sites excluding steroid dienone is 2. The molecule has 0 aromatic heterocycles. The second-order valence-corrected chi connectivity index (χ2v) is 3.77. The van der Waals surface area contributed by atoms with Crippen LogP contribution >= 0.6 is 0 Å². The molecule has 0 saturated heterocycles. The first kappa shape index (κ1) is 11.0. The van der Waals surface area contributed by atoms with Crippen molar-refractivity contribution in [1.29, 1.82) is 0 Å². The van der Waals surface area contributed by atoms with Crippen molar-refractivity contribution in [3.05, 3.63) is 12.2 Å². The van der Waals surface area contributed by atoms with Crippen molar-refractivity contribution in [3.63, 3.8) is 0 Å². The number of carbonyl (C=O) groups is 2. The summed E-state index contributed by atoms with van der Waals surface area (Å²) in [5.74, 6) is -0.567. The topological polar surface area (TPSA) is 54.4 Å². The summed E-state index contributed by atoms with van der Waals surface area (Å²) < 4.78 is 0. The molecule has 0 amide bonds. The molecule has 2 atom stereocenters. The van der Waals surface area contributed by atoms with E-state index in [2.05, 4.69) is 0 Å². The molecule has 0 radical (unpaired) electrons. The van der Waals surface area contributed by atoms with Gasteiger partial charge in [-0.3, -0.25) is 9.59 Å². The molecule has 2 unspecified atom stereocenters. The molecule has 0 heterocycles. The van der Waals surface area contributed by atoms with E-state index in [-0.39, 0.29) is 24.0 Å². The lowest BCUT2D eigenvalue weighted by Crippen LogP contribution is -2.17. The van der Waals surface area contributed by atoms with E-state index in [1.165, 1.54) is 0 Å². The fraction of sp³-hybridized carbons (Fsp3) is 0.636. The SMILES string of the molecule is C/C=C/CC1C(=O)CCC1CC(=O)O. The Balaban J connectivity index is 2.56. The van der Waals surface area contributed by atoms with Crippen LogP contribution in [-0.2, 0) is 9.59 Å². The first-order valence-electron chi connectivity index (χ1n) is 5.00. The van der Waals surface area contributed by atoms with Crippen LogP contribution in [-0.4, -0.2) is 16.9 Å². The van der Waals surface area contributed by atoms with Crippen molar-refractivity contribution in [3.8, 4) is 0 Å². The van der Waals surface area contributed by atoms with Crippen molar-refractivity contribution < 1.29 is 14.7 Å². The van der Waals surface area contributed by atoms with Crippen molar-refractivity contribution >= 4 is 11.8 Å². The van der Waals surface area contributed by atoms with Crippen molar-refractivity contribution in [2.75, 3.05) is 0 Å². The minimum atomic E-state index is -0.796. The molecule has 1 aliphatic rings. The van der Waals surface area contributed by atoms with Gasteiger partial charge < -0.3 is 5.11 Å². The molecular formula is C11H16O3. The van der Waals surface area contributed by atoms with Gasteiger partial charge in [-0.1, -0.05) is 12.2 Å². The van der Waals surface area contributed by atoms with E-state index in [1.807, 2.05) is 19.1 Å². The summed E-state index contributed by atoms with van der Waals surface area (Å²) in [5, 5.41) is 8.67. The molecule has 0 spiro atoms. The molecule has 1 rings (SSSR count). The van der Waals surface area contributed by atoms with Crippen LogP contribution in [0.25, 0.3) is 0 Å². The standard InChI is InChI=1S/C11H16O3/c1-2-3-4-9-8(7-11(13)14)5-6-10(9)12/h2-3,8-9H,4-7H2,1H3,(H,13,14)/b3-2+. The normalized spacial score (nSPS) is 27.4. The summed E-state index contributed by atoms with van der Waals surface area (Å²) in [6.45, 7) is 1.91. The van der Waals surface area contributed by atoms with Gasteiger partial charge in [-0.15, -0.1) is 0 Å². The van der Waals surface area contributed by atoms with Gasteiger partial charge in [0, 0.05) is 18.8 Å². The zero-order valence-corrected chi connectivity index (χ0v) is 8.40. The van der Waals surface area contributed by atoms with E-state index in [9.17, 15) is 9.59 Å². The summed E-state index contributed by atoms with van der Waals surface area (Å²) in [6.07, 6.45) is 5.99. The molecule has 14 heavy (non-hydrogen) atoms. The van der Waals surface area contributed by atoms with Crippen LogP contribution in [0.3, 0.4) is 0 Å². The summed E-state index contributed by atoms with van der Waals surface area (Å²) in [4.78, 5) is 22.0. The van der Waals surface area contributed by atoms with Crippen molar-refractivity contribution in [1.82, 2.24) is 0 Å². The average Bonchev–Trinajstić information content (AvgIpc) is 2.44. The third kappa shape index (κ3) is 2.69. The summed E-state index contributed by atoms with van der Waals surface area (Å²) >= 11 is 0. The van der Waals surface area contributed by atoms with Crippen LogP contribution in [0.15, 0.2) is 12.2 Å². The van der Waals surface area contributed by atoms with E-state index < -0.39 is 5.97 Å². The van der Waals surface area contributed by atoms with E-state index in [0.29, 0.717) is 12.8 Å². The molecule has 0 aromatic rings. The minimum absolute atomic E-state index is 0.0520. The number of hydrogen-bond acceptors (Lipinski definition) is 2. The fourth-order valence-electron chi connectivity index (χ4n) is 2.05. The van der Waals surface area contributed by atoms with Crippen molar-refractivity contribution in [2.24, 2.45) is 11.8 Å². The van der Waals surface area contributed by atoms with Crippen LogP contribution in [0, 0.1) is 11.8 Å². The van der Waals surface area contributed by atoms with Gasteiger partial charge in [-0.05, 0) is 25.7 Å². The highest BCUT2D eigenvalue weighted by Crippen LogP contribution is 2.33. The maximum absolute atomic E-state index is 11.4. The van der Waals surface area contributed by atoms with Gasteiger partial charge in [-0.2, -0.15) is 0 Å². The molecule has 78 valence electrons. The Morgan fingerprint density at radius 3 is 2.93 bits per heavy atom. The second-order valence-electron chi connectivity index (χ2n) is 3.77. The number of carbonyl (C=O) groups excluding carboxylic acids is 1. The molecule has 1 saturated carbocycles. The Morgan fingerprint density at radius 1 is 1.64 bits per heavy atom. The predicted octanol–water partition coefficient (Wildman–Crippen LogP) is 2.02. The number of aliphatic carboxylic acids is 1. The highest BCUT2D eigenvalue weighted by molar-refractivity contribution is 5.84. The van der Waals surface area contributed by atoms with E-state index >= 15 is 0 Å². The number of rotatable bonds is 4. The molecule has 0 bridgehead atoms. The summed E-state index contributed by atoms with van der Waals surface area (Å²) in [6, 6.07) is 0. The van der Waals surface area contributed by atoms with Gasteiger partial charge in [0.25, 0.3) is 0 Å². The van der Waals surface area contributed by atoms with Crippen LogP contribution < -0.4 is 0 Å². The number of hydrogen-bond donors (Lipinski definition) is 1. The molecule has 3 heteroatoms. The maximum atomic E-state index is 11.4. The maximum Gasteiger partial charge on any atom is 0.303 e. The van der Waals surface area contributed by atoms with E-state index in [0.717, 1.165) is 6.42 Å². The first-order chi connectivity index (χ1) is 6.65. The Morgan fingerprint density at radius 2 is 2.36 bits per heavy atom. The lowest BCUT2D eigenvalue weighted by Gasteiger charge is -2.13. The smallest absolute Gasteiger partial charge is 0.303 e. The zero-order valence-electron chi connectivity index (χ0n) is 8.40. The number of carboxylic acid groups (broad SMARTS) is 1. The van der Waals surface area contributed by atoms with E-state index in [4.69, 9.17) is 5.11 Å². The van der Waals surface area contributed by atoms with Crippen LogP contribution in [0.5, 0.6) is 0 Å². The van der Waals surface area contributed by atoms with Gasteiger partial charge in [0.15, 0.2) is 0 Å². The number of carboxylic acids is 1. The first-order valence-corrected chi connectivity index (χ1v) is 5.00. The van der Waals surface area contributed by atoms with Gasteiger partial charge >= 0.3 is 5.97 Å². The fourth-order valence-corrected chi connectivity index (χ4v) is 2.05. The summed E-state index contributed by atoms with van der Waals surface area (Å²) in [5.41, 5.74) is 0. The minimum Gasteiger partial charge on any atom is -0.481 e. The Labute approximate surface area is 83.8 Å². The van der Waals surface area contributed by atoms with Crippen LogP contribution in [0.2, 0.25) is 0 Å². The van der Waals surface area contributed by atoms with Gasteiger partial charge in [-0.25, -0.2) is 0 Å². The molecule has 1 N–H and O–H groups in total. The van der Waals surface area contributed by atoms with Crippen LogP contribution in [0.4, 0.5) is 0 Å². The lowest BCUT2D eigenvalue weighted by atomic mass is 9.89. The molecule has 0 aromatic carbocycles. The lowest BCUT2D eigenvalue weighted by molar-refractivity contribution is -0.138. The predicted molar refractivity (Wildman–Crippen MR) is 52.9 cm³/mol. The summed E-state index contributed by atoms with van der Waals surface area (Å²) in [7, 11) is 0. The Bertz CT molecular complexity index is 255. The average molecular weight is 196 g/mol. The Kier molecular flexibility index (Phi) is 3.86. The Hall–Kier alpha value is -1.12. The highest BCUT2D eigenvalue weighted by atomic mass is 16.4. The largest absolute Gasteiger partial charge is 0.481 e. The van der Waals surface area contributed by atoms with Gasteiger partial charge in [0.1, 0.15) is 5.78 Å². The highest BCUT2D eigenvalue weighted by Gasteiger charge is 2.34. The molecule has 3 nitrogen and oxygen atoms in total. The monoisotopic (exact) mass is 196 g/mol. The second kappa shape index (κ2) is 4.94. The number of ketones is 1. The van der Waals surface area contributed by atoms with Gasteiger partial charge in [0.05, 0.1) is 0 Å². The zero-order chi connectivity index (χ0) is 10.6. The van der Waals surface area contributed by atoms with Crippen LogP contribution in [0.1, 0.15) is 32.6 Å². The molecule has 1 fully saturated rings. The van der Waals surface area contributed by atoms with Crippen molar-refractivity contribution in [2.45, 2.75) is 32.6 Å². The number of Topliss-reactive ketones (excluding diaryl/α,β-unsaturated/α-hetero) is 1. The molecule has 1 aliphatic carbocycles. The molecular weight excluding hydrogens is 180 g/mol. The quantitative estimate of drug-likeness (QED) is 0.700. The van der Waals surface area contributed by atoms with E-state index in [1.54, 1.807) is 0 Å². The third-order valence-corrected chi connectivity index (χ3v) is 2.81. The van der Waals surface area contributed by atoms with Gasteiger partial charge in [0.2, 0.25) is 0 Å². The third-order valence-electron chi connectivity index (χ3n) is 2.81. The molecule has 0 aliphatic heterocycles.